The van der Waals surface area contributed by atoms with Gasteiger partial charge in [0.05, 0.1) is 11.9 Å². The summed E-state index contributed by atoms with van der Waals surface area (Å²) in [4.78, 5) is 30.1. The number of carbonyl (C=O) groups is 2. The molecule has 2 saturated heterocycles. The molecule has 7 heteroatoms. The van der Waals surface area contributed by atoms with E-state index in [1.54, 1.807) is 26.0 Å². The highest BCUT2D eigenvalue weighted by Gasteiger charge is 2.43. The van der Waals surface area contributed by atoms with Crippen molar-refractivity contribution in [2.45, 2.75) is 50.5 Å². The van der Waals surface area contributed by atoms with Crippen LogP contribution in [0.4, 0.5) is 0 Å². The predicted octanol–water partition coefficient (Wildman–Crippen LogP) is 2.30. The minimum atomic E-state index is -0.434. The summed E-state index contributed by atoms with van der Waals surface area (Å²) in [6, 6.07) is 8.00. The third kappa shape index (κ3) is 4.18. The summed E-state index contributed by atoms with van der Waals surface area (Å²) in [7, 11) is 3.20. The fourth-order valence-corrected chi connectivity index (χ4v) is 6.19. The van der Waals surface area contributed by atoms with Gasteiger partial charge in [-0.3, -0.25) is 9.59 Å². The van der Waals surface area contributed by atoms with Gasteiger partial charge in [-0.1, -0.05) is 24.3 Å². The first-order chi connectivity index (χ1) is 14.1. The molecule has 0 spiro atoms. The number of benzene rings is 1. The molecule has 0 bridgehead atoms. The van der Waals surface area contributed by atoms with Gasteiger partial charge < -0.3 is 19.3 Å². The average molecular weight is 419 g/mol. The smallest absolute Gasteiger partial charge is 0.246 e. The quantitative estimate of drug-likeness (QED) is 0.664. The number of hydrogen-bond donors (Lipinski definition) is 0. The highest BCUT2D eigenvalue weighted by Crippen LogP contribution is 2.32. The Balaban J connectivity index is 1.39. The van der Waals surface area contributed by atoms with E-state index in [1.165, 1.54) is 11.1 Å². The molecule has 2 fully saturated rings. The number of thioether (sulfide) groups is 1. The maximum absolute atomic E-state index is 13.3. The number of likely N-dealkylation sites (tertiary alicyclic amines) is 1. The molecule has 2 atom stereocenters. The van der Waals surface area contributed by atoms with Gasteiger partial charge >= 0.3 is 0 Å². The molecule has 2 heterocycles. The Morgan fingerprint density at radius 2 is 1.83 bits per heavy atom. The van der Waals surface area contributed by atoms with E-state index in [-0.39, 0.29) is 23.9 Å². The molecule has 1 aliphatic carbocycles. The molecule has 2 amide bonds. The van der Waals surface area contributed by atoms with E-state index in [1.807, 2.05) is 9.80 Å². The normalized spacial score (nSPS) is 24.5. The third-order valence-corrected chi connectivity index (χ3v) is 7.48. The fourth-order valence-electron chi connectivity index (χ4n) is 4.99. The Labute approximate surface area is 176 Å². The van der Waals surface area contributed by atoms with Gasteiger partial charge in [0, 0.05) is 32.9 Å². The van der Waals surface area contributed by atoms with E-state index in [0.29, 0.717) is 24.8 Å². The lowest BCUT2D eigenvalue weighted by atomic mass is 10.0. The fraction of sp³-hybridized carbons (Fsp3) is 0.636. The number of ether oxygens (including phenoxy) is 2. The number of amides is 2. The molecule has 1 aromatic carbocycles. The van der Waals surface area contributed by atoms with Crippen LogP contribution in [0, 0.1) is 5.92 Å². The monoisotopic (exact) mass is 418 g/mol. The lowest BCUT2D eigenvalue weighted by molar-refractivity contribution is -0.160. The van der Waals surface area contributed by atoms with E-state index in [2.05, 4.69) is 24.3 Å². The molecule has 6 nitrogen and oxygen atoms in total. The van der Waals surface area contributed by atoms with Crippen molar-refractivity contribution in [3.8, 4) is 0 Å². The molecule has 0 aromatic heterocycles. The van der Waals surface area contributed by atoms with Gasteiger partial charge in [0.1, 0.15) is 6.04 Å². The zero-order valence-corrected chi connectivity index (χ0v) is 18.0. The van der Waals surface area contributed by atoms with Crippen molar-refractivity contribution in [3.63, 3.8) is 0 Å². The minimum Gasteiger partial charge on any atom is -0.354 e. The van der Waals surface area contributed by atoms with Crippen LogP contribution in [0.5, 0.6) is 0 Å². The van der Waals surface area contributed by atoms with Crippen LogP contribution in [-0.4, -0.2) is 72.4 Å². The highest BCUT2D eigenvalue weighted by molar-refractivity contribution is 7.99. The summed E-state index contributed by atoms with van der Waals surface area (Å²) < 4.78 is 10.8. The number of methoxy groups -OCH3 is 2. The largest absolute Gasteiger partial charge is 0.354 e. The van der Waals surface area contributed by atoms with Crippen molar-refractivity contribution < 1.29 is 19.1 Å². The van der Waals surface area contributed by atoms with Gasteiger partial charge in [-0.25, -0.2) is 0 Å². The van der Waals surface area contributed by atoms with E-state index in [4.69, 9.17) is 9.47 Å². The van der Waals surface area contributed by atoms with Crippen LogP contribution < -0.4 is 0 Å². The Kier molecular flexibility index (Phi) is 6.47. The maximum Gasteiger partial charge on any atom is 0.246 e. The number of nitrogens with zero attached hydrogens (tertiary/aromatic N) is 2. The van der Waals surface area contributed by atoms with Gasteiger partial charge in [-0.15, -0.1) is 11.8 Å². The maximum atomic E-state index is 13.3. The van der Waals surface area contributed by atoms with E-state index >= 15 is 0 Å². The second kappa shape index (κ2) is 9.06. The molecule has 0 unspecified atom stereocenters. The Hall–Kier alpha value is -1.57. The standard InChI is InChI=1S/C22H30N2O4S/c1-27-22(28-2)19-13-29-14-24(19)21(26)18-8-5-9-23(18)20(25)12-15-10-16-6-3-4-7-17(16)11-15/h3-4,6-7,15,18-19,22H,5,8-14H2,1-2H3/t18-,19-/m0/s1. The molecule has 0 radical (unpaired) electrons. The molecule has 1 aromatic rings. The van der Waals surface area contributed by atoms with Crippen LogP contribution in [0.3, 0.4) is 0 Å². The topological polar surface area (TPSA) is 59.1 Å². The molecule has 0 N–H and O–H groups in total. The molecule has 0 saturated carbocycles. The summed E-state index contributed by atoms with van der Waals surface area (Å²) in [5, 5.41) is 0. The number of hydrogen-bond acceptors (Lipinski definition) is 5. The zero-order valence-electron chi connectivity index (χ0n) is 17.2. The second-order valence-corrected chi connectivity index (χ2v) is 9.21. The molecule has 2 aliphatic heterocycles. The zero-order chi connectivity index (χ0) is 20.4. The van der Waals surface area contributed by atoms with Crippen molar-refractivity contribution in [3.05, 3.63) is 35.4 Å². The van der Waals surface area contributed by atoms with Gasteiger partial charge in [-0.2, -0.15) is 0 Å². The third-order valence-electron chi connectivity index (χ3n) is 6.44. The van der Waals surface area contributed by atoms with Crippen LogP contribution in [-0.2, 0) is 31.9 Å². The molecule has 158 valence electrons. The van der Waals surface area contributed by atoms with Gasteiger partial charge in [0.15, 0.2) is 6.29 Å². The molecule has 4 rings (SSSR count). The van der Waals surface area contributed by atoms with Crippen molar-refractivity contribution in [1.82, 2.24) is 9.80 Å². The second-order valence-electron chi connectivity index (χ2n) is 8.21. The van der Waals surface area contributed by atoms with Crippen LogP contribution in [0.1, 0.15) is 30.4 Å². The van der Waals surface area contributed by atoms with Crippen LogP contribution >= 0.6 is 11.8 Å². The van der Waals surface area contributed by atoms with Crippen LogP contribution in [0.2, 0.25) is 0 Å². The van der Waals surface area contributed by atoms with E-state index in [9.17, 15) is 9.59 Å². The predicted molar refractivity (Wildman–Crippen MR) is 112 cm³/mol. The summed E-state index contributed by atoms with van der Waals surface area (Å²) in [5.74, 6) is 1.93. The highest BCUT2D eigenvalue weighted by atomic mass is 32.2. The lowest BCUT2D eigenvalue weighted by Gasteiger charge is -2.33. The van der Waals surface area contributed by atoms with Gasteiger partial charge in [-0.05, 0) is 42.7 Å². The average Bonchev–Trinajstić information content (AvgIpc) is 3.47. The number of carbonyl (C=O) groups excluding carboxylic acids is 2. The molecule has 3 aliphatic rings. The van der Waals surface area contributed by atoms with E-state index in [0.717, 1.165) is 31.4 Å². The SMILES string of the molecule is COC(OC)[C@@H]1CSCN1C(=O)[C@@H]1CCCN1C(=O)CC1Cc2ccccc2C1. The first kappa shape index (κ1) is 20.7. The summed E-state index contributed by atoms with van der Waals surface area (Å²) in [5.41, 5.74) is 2.72. The van der Waals surface area contributed by atoms with Crippen molar-refractivity contribution in [2.24, 2.45) is 5.92 Å². The van der Waals surface area contributed by atoms with Crippen LogP contribution in [0.15, 0.2) is 24.3 Å². The molecular weight excluding hydrogens is 388 g/mol. The first-order valence-corrected chi connectivity index (χ1v) is 11.6. The molecule has 29 heavy (non-hydrogen) atoms. The Bertz CT molecular complexity index is 729. The van der Waals surface area contributed by atoms with Crippen molar-refractivity contribution in [1.29, 1.82) is 0 Å². The Morgan fingerprint density at radius 3 is 2.48 bits per heavy atom. The van der Waals surface area contributed by atoms with Crippen LogP contribution in [0.25, 0.3) is 0 Å². The first-order valence-electron chi connectivity index (χ1n) is 10.4. The Morgan fingerprint density at radius 1 is 1.14 bits per heavy atom. The summed E-state index contributed by atoms with van der Waals surface area (Å²) in [6.07, 6.45) is 3.64. The summed E-state index contributed by atoms with van der Waals surface area (Å²) in [6.45, 7) is 0.679. The lowest BCUT2D eigenvalue weighted by Crippen LogP contribution is -2.53. The van der Waals surface area contributed by atoms with Gasteiger partial charge in [0.2, 0.25) is 11.8 Å². The number of rotatable bonds is 6. The van der Waals surface area contributed by atoms with Crippen molar-refractivity contribution in [2.75, 3.05) is 32.4 Å². The minimum absolute atomic E-state index is 0.0414. The number of fused-ring (bicyclic) bond motifs is 1. The van der Waals surface area contributed by atoms with Crippen molar-refractivity contribution >= 4 is 23.6 Å². The van der Waals surface area contributed by atoms with E-state index < -0.39 is 6.29 Å². The summed E-state index contributed by atoms with van der Waals surface area (Å²) >= 11 is 1.71. The van der Waals surface area contributed by atoms with Gasteiger partial charge in [0.25, 0.3) is 0 Å². The molecular formula is C22H30N2O4S.